The number of aliphatic carboxylic acids is 2. The summed E-state index contributed by atoms with van der Waals surface area (Å²) in [5.41, 5.74) is 1.77. The summed E-state index contributed by atoms with van der Waals surface area (Å²) < 4.78 is 0. The van der Waals surface area contributed by atoms with Gasteiger partial charge in [0.05, 0.1) is 0 Å². The molecule has 0 saturated carbocycles. The topological polar surface area (TPSA) is 113 Å². The van der Waals surface area contributed by atoms with Gasteiger partial charge in [-0.1, -0.05) is 0 Å². The zero-order valence-electron chi connectivity index (χ0n) is 5.32. The van der Waals surface area contributed by atoms with Crippen LogP contribution in [-0.2, 0) is 9.59 Å². The van der Waals surface area contributed by atoms with Crippen LogP contribution < -0.4 is 11.3 Å². The smallest absolute Gasteiger partial charge is 0.324 e. The molecule has 0 spiro atoms. The molecule has 0 aliphatic heterocycles. The van der Waals surface area contributed by atoms with Gasteiger partial charge in [-0.2, -0.15) is 0 Å². The van der Waals surface area contributed by atoms with Crippen molar-refractivity contribution in [1.82, 2.24) is 5.43 Å². The molecule has 0 amide bonds. The lowest BCUT2D eigenvalue weighted by molar-refractivity contribution is -0.145. The fourth-order valence-electron chi connectivity index (χ4n) is 0.424. The van der Waals surface area contributed by atoms with Crippen LogP contribution >= 0.6 is 11.6 Å². The van der Waals surface area contributed by atoms with Crippen molar-refractivity contribution in [1.29, 1.82) is 0 Å². The summed E-state index contributed by atoms with van der Waals surface area (Å²) in [6.07, 6.45) is 0. The number of hydrazine groups is 1. The minimum atomic E-state index is -1.57. The molecule has 5 N–H and O–H groups in total. The fourth-order valence-corrected chi connectivity index (χ4v) is 0.604. The lowest BCUT2D eigenvalue weighted by Crippen LogP contribution is -2.50. The first-order chi connectivity index (χ1) is 5.00. The van der Waals surface area contributed by atoms with Crippen molar-refractivity contribution in [2.75, 3.05) is 0 Å². The van der Waals surface area contributed by atoms with Gasteiger partial charge >= 0.3 is 11.9 Å². The molecule has 6 nitrogen and oxygen atoms in total. The predicted molar refractivity (Wildman–Crippen MR) is 36.0 cm³/mol. The third kappa shape index (κ3) is 2.71. The van der Waals surface area contributed by atoms with Crippen LogP contribution in [0.4, 0.5) is 0 Å². The second kappa shape index (κ2) is 4.12. The molecule has 0 aliphatic carbocycles. The van der Waals surface area contributed by atoms with E-state index in [1.165, 1.54) is 0 Å². The minimum absolute atomic E-state index is 1.41. The molecule has 0 aromatic rings. The number of alkyl halides is 1. The predicted octanol–water partition coefficient (Wildman–Crippen LogP) is -1.41. The van der Waals surface area contributed by atoms with Crippen molar-refractivity contribution < 1.29 is 19.8 Å². The SMILES string of the molecule is NN[C@H](C(=O)O)[C@H](Cl)C(=O)O. The Kier molecular flexibility index (Phi) is 3.80. The maximum absolute atomic E-state index is 10.2. The van der Waals surface area contributed by atoms with Crippen LogP contribution in [0, 0.1) is 0 Å². The number of hydrogen-bond donors (Lipinski definition) is 4. The molecule has 2 atom stereocenters. The number of hydrogen-bond acceptors (Lipinski definition) is 4. The van der Waals surface area contributed by atoms with Crippen LogP contribution in [0.5, 0.6) is 0 Å². The fraction of sp³-hybridized carbons (Fsp3) is 0.500. The van der Waals surface area contributed by atoms with Crippen molar-refractivity contribution in [3.63, 3.8) is 0 Å². The molecule has 0 rings (SSSR count). The van der Waals surface area contributed by atoms with Crippen molar-refractivity contribution in [2.45, 2.75) is 11.4 Å². The van der Waals surface area contributed by atoms with Crippen molar-refractivity contribution in [3.8, 4) is 0 Å². The van der Waals surface area contributed by atoms with Gasteiger partial charge in [-0.25, -0.2) is 5.43 Å². The third-order valence-electron chi connectivity index (χ3n) is 0.974. The molecule has 0 unspecified atom stereocenters. The van der Waals surface area contributed by atoms with E-state index in [0.29, 0.717) is 0 Å². The quantitative estimate of drug-likeness (QED) is 0.242. The summed E-state index contributed by atoms with van der Waals surface area (Å²) in [4.78, 5) is 20.3. The van der Waals surface area contributed by atoms with Crippen LogP contribution in [0.3, 0.4) is 0 Å². The van der Waals surface area contributed by atoms with E-state index in [9.17, 15) is 9.59 Å². The highest BCUT2D eigenvalue weighted by Gasteiger charge is 2.30. The second-order valence-electron chi connectivity index (χ2n) is 1.72. The number of nitrogens with one attached hydrogen (secondary N) is 1. The number of carboxylic acids is 2. The normalized spacial score (nSPS) is 15.5. The van der Waals surface area contributed by atoms with E-state index in [4.69, 9.17) is 27.7 Å². The molecular formula is C4H7ClN2O4. The summed E-state index contributed by atoms with van der Waals surface area (Å²) in [6, 6.07) is -1.48. The van der Waals surface area contributed by atoms with Crippen molar-refractivity contribution in [3.05, 3.63) is 0 Å². The van der Waals surface area contributed by atoms with Gasteiger partial charge in [0.25, 0.3) is 0 Å². The van der Waals surface area contributed by atoms with E-state index in [1.54, 1.807) is 5.43 Å². The lowest BCUT2D eigenvalue weighted by Gasteiger charge is -2.12. The molecule has 0 radical (unpaired) electrons. The monoisotopic (exact) mass is 182 g/mol. The average Bonchev–Trinajstić information content (AvgIpc) is 1.88. The number of carbonyl (C=O) groups is 2. The Hall–Kier alpha value is -0.850. The van der Waals surface area contributed by atoms with Gasteiger partial charge in [0, 0.05) is 0 Å². The summed E-state index contributed by atoms with van der Waals surface area (Å²) in [7, 11) is 0. The molecule has 11 heavy (non-hydrogen) atoms. The van der Waals surface area contributed by atoms with Gasteiger partial charge in [-0.05, 0) is 0 Å². The Labute approximate surface area is 66.9 Å². The summed E-state index contributed by atoms with van der Waals surface area (Å²) >= 11 is 5.15. The van der Waals surface area contributed by atoms with Crippen LogP contribution in [-0.4, -0.2) is 33.6 Å². The Morgan fingerprint density at radius 2 is 1.82 bits per heavy atom. The number of nitrogens with two attached hydrogens (primary N) is 1. The molecule has 0 bridgehead atoms. The van der Waals surface area contributed by atoms with Gasteiger partial charge in [0.15, 0.2) is 5.38 Å². The Morgan fingerprint density at radius 3 is 1.91 bits per heavy atom. The minimum Gasteiger partial charge on any atom is -0.480 e. The van der Waals surface area contributed by atoms with Crippen LogP contribution in [0.2, 0.25) is 0 Å². The highest BCUT2D eigenvalue weighted by Crippen LogP contribution is 2.02. The average molecular weight is 183 g/mol. The number of halogens is 1. The zero-order chi connectivity index (χ0) is 9.02. The molecule has 0 heterocycles. The molecule has 64 valence electrons. The van der Waals surface area contributed by atoms with Crippen LogP contribution in [0.25, 0.3) is 0 Å². The Morgan fingerprint density at radius 1 is 1.36 bits per heavy atom. The van der Waals surface area contributed by atoms with Gasteiger partial charge in [0.1, 0.15) is 6.04 Å². The maximum Gasteiger partial charge on any atom is 0.324 e. The van der Waals surface area contributed by atoms with Crippen LogP contribution in [0.15, 0.2) is 0 Å². The lowest BCUT2D eigenvalue weighted by atomic mass is 10.2. The van der Waals surface area contributed by atoms with Gasteiger partial charge in [-0.15, -0.1) is 11.6 Å². The summed E-state index contributed by atoms with van der Waals surface area (Å²) in [5.74, 6) is 1.89. The van der Waals surface area contributed by atoms with E-state index in [2.05, 4.69) is 0 Å². The molecule has 0 aromatic carbocycles. The first kappa shape index (κ1) is 10.2. The highest BCUT2D eigenvalue weighted by atomic mass is 35.5. The van der Waals surface area contributed by atoms with Gasteiger partial charge < -0.3 is 10.2 Å². The van der Waals surface area contributed by atoms with E-state index >= 15 is 0 Å². The molecule has 0 saturated heterocycles. The van der Waals surface area contributed by atoms with E-state index < -0.39 is 23.4 Å². The molecular weight excluding hydrogens is 176 g/mol. The van der Waals surface area contributed by atoms with Crippen molar-refractivity contribution >= 4 is 23.5 Å². The largest absolute Gasteiger partial charge is 0.480 e. The zero-order valence-corrected chi connectivity index (χ0v) is 6.08. The standard InChI is InChI=1S/C4H7ClN2O4/c5-1(3(8)9)2(7-6)4(10)11/h1-2,7H,6H2,(H,8,9)(H,10,11)/t1-,2-/m0/s1. The van der Waals surface area contributed by atoms with Crippen LogP contribution in [0.1, 0.15) is 0 Å². The Balaban J connectivity index is 4.25. The number of carboxylic acid groups (broad SMARTS) is 2. The summed E-state index contributed by atoms with van der Waals surface area (Å²) in [5, 5.41) is 15.0. The first-order valence-electron chi connectivity index (χ1n) is 2.56. The highest BCUT2D eigenvalue weighted by molar-refractivity contribution is 6.31. The molecule has 0 aliphatic rings. The summed E-state index contributed by atoms with van der Waals surface area (Å²) in [6.45, 7) is 0. The second-order valence-corrected chi connectivity index (χ2v) is 2.19. The number of rotatable bonds is 4. The maximum atomic E-state index is 10.2. The van der Waals surface area contributed by atoms with E-state index in [0.717, 1.165) is 0 Å². The first-order valence-corrected chi connectivity index (χ1v) is 3.00. The van der Waals surface area contributed by atoms with Gasteiger partial charge in [-0.3, -0.25) is 15.4 Å². The van der Waals surface area contributed by atoms with Gasteiger partial charge in [0.2, 0.25) is 0 Å². The van der Waals surface area contributed by atoms with Crippen molar-refractivity contribution in [2.24, 2.45) is 5.84 Å². The van der Waals surface area contributed by atoms with E-state index in [-0.39, 0.29) is 0 Å². The molecule has 0 fully saturated rings. The molecule has 7 heteroatoms. The van der Waals surface area contributed by atoms with E-state index in [1.807, 2.05) is 0 Å². The molecule has 0 aromatic heterocycles. The Bertz CT molecular complexity index is 173. The third-order valence-corrected chi connectivity index (χ3v) is 1.41.